The van der Waals surface area contributed by atoms with Gasteiger partial charge < -0.3 is 4.90 Å². The van der Waals surface area contributed by atoms with E-state index in [4.69, 9.17) is 0 Å². The highest BCUT2D eigenvalue weighted by Gasteiger charge is 2.54. The van der Waals surface area contributed by atoms with Gasteiger partial charge in [0.1, 0.15) is 12.4 Å². The van der Waals surface area contributed by atoms with Gasteiger partial charge in [0.25, 0.3) is 5.91 Å². The van der Waals surface area contributed by atoms with E-state index in [1.54, 1.807) is 0 Å². The van der Waals surface area contributed by atoms with E-state index >= 15 is 0 Å². The van der Waals surface area contributed by atoms with Gasteiger partial charge in [0.2, 0.25) is 11.9 Å². The van der Waals surface area contributed by atoms with E-state index in [0.717, 1.165) is 23.4 Å². The lowest BCUT2D eigenvalue weighted by Gasteiger charge is -2.35. The summed E-state index contributed by atoms with van der Waals surface area (Å²) in [4.78, 5) is 33.2. The second kappa shape index (κ2) is 6.46. The van der Waals surface area contributed by atoms with Crippen LogP contribution in [-0.2, 0) is 16.4 Å². The minimum absolute atomic E-state index is 0.0746. The van der Waals surface area contributed by atoms with Gasteiger partial charge in [-0.25, -0.2) is 18.7 Å². The molecule has 0 bridgehead atoms. The van der Waals surface area contributed by atoms with E-state index in [-0.39, 0.29) is 23.6 Å². The zero-order valence-electron chi connectivity index (χ0n) is 14.7. The fourth-order valence-electron chi connectivity index (χ4n) is 3.58. The van der Waals surface area contributed by atoms with Crippen molar-refractivity contribution in [3.8, 4) is 0 Å². The van der Waals surface area contributed by atoms with Crippen LogP contribution < -0.4 is 5.32 Å². The van der Waals surface area contributed by atoms with Crippen LogP contribution in [0.25, 0.3) is 0 Å². The lowest BCUT2D eigenvalue weighted by atomic mass is 9.84. The third-order valence-electron chi connectivity index (χ3n) is 5.05. The molecule has 6 nitrogen and oxygen atoms in total. The fraction of sp³-hybridized carbons (Fsp3) is 0.333. The molecule has 1 saturated carbocycles. The van der Waals surface area contributed by atoms with Gasteiger partial charge in [0.05, 0.1) is 18.0 Å². The summed E-state index contributed by atoms with van der Waals surface area (Å²) < 4.78 is 66.6. The van der Waals surface area contributed by atoms with Gasteiger partial charge in [-0.1, -0.05) is 0 Å². The molecule has 1 aromatic heterocycles. The van der Waals surface area contributed by atoms with Crippen molar-refractivity contribution in [2.24, 2.45) is 0 Å². The molecule has 0 saturated heterocycles. The summed E-state index contributed by atoms with van der Waals surface area (Å²) in [7, 11) is 0. The van der Waals surface area contributed by atoms with Crippen LogP contribution in [0.2, 0.25) is 0 Å². The number of nitrogens with one attached hydrogen (secondary N) is 1. The molecule has 0 radical (unpaired) electrons. The molecule has 0 unspecified atom stereocenters. The molecule has 29 heavy (non-hydrogen) atoms. The maximum absolute atomic E-state index is 14.7. The molecule has 2 aromatic rings. The lowest BCUT2D eigenvalue weighted by molar-refractivity contribution is -0.140. The minimum atomic E-state index is -4.87. The number of anilines is 1. The number of carbonyl (C=O) groups excluding carboxylic acids is 2. The number of rotatable bonds is 3. The van der Waals surface area contributed by atoms with E-state index in [0.29, 0.717) is 18.9 Å². The Hall–Kier alpha value is -3.11. The van der Waals surface area contributed by atoms with E-state index in [1.807, 2.05) is 0 Å². The van der Waals surface area contributed by atoms with Gasteiger partial charge in [-0.2, -0.15) is 13.2 Å². The first-order chi connectivity index (χ1) is 13.6. The highest BCUT2D eigenvalue weighted by molar-refractivity contribution is 6.01. The van der Waals surface area contributed by atoms with Gasteiger partial charge in [-0.05, 0) is 25.0 Å². The van der Waals surface area contributed by atoms with Crippen LogP contribution in [-0.4, -0.2) is 39.8 Å². The fourth-order valence-corrected chi connectivity index (χ4v) is 3.58. The number of aromatic nitrogens is 2. The minimum Gasteiger partial charge on any atom is -0.328 e. The van der Waals surface area contributed by atoms with Crippen LogP contribution in [0.3, 0.4) is 0 Å². The van der Waals surface area contributed by atoms with Crippen LogP contribution in [0, 0.1) is 11.6 Å². The molecule has 1 aliphatic carbocycles. The summed E-state index contributed by atoms with van der Waals surface area (Å²) in [6.07, 6.45) is -2.35. The van der Waals surface area contributed by atoms with Crippen molar-refractivity contribution in [2.75, 3.05) is 18.4 Å². The molecule has 2 heterocycles. The molecule has 2 aliphatic rings. The van der Waals surface area contributed by atoms with Crippen LogP contribution in [0.4, 0.5) is 27.9 Å². The Morgan fingerprint density at radius 2 is 1.83 bits per heavy atom. The molecule has 1 N–H and O–H groups in total. The SMILES string of the molecule is O=C(CN1CC2(CC2)c2c(ccc(C(F)(F)F)c2F)C1=O)Nc1ncc(F)cn1. The number of amides is 2. The highest BCUT2D eigenvalue weighted by atomic mass is 19.4. The molecule has 2 amide bonds. The molecule has 152 valence electrons. The Balaban J connectivity index is 1.59. The summed E-state index contributed by atoms with van der Waals surface area (Å²) in [5, 5.41) is 2.30. The number of benzene rings is 1. The average molecular weight is 412 g/mol. The normalized spacial score (nSPS) is 17.3. The van der Waals surface area contributed by atoms with Gasteiger partial charge >= 0.3 is 6.18 Å². The van der Waals surface area contributed by atoms with Crippen molar-refractivity contribution in [2.45, 2.75) is 24.4 Å². The van der Waals surface area contributed by atoms with E-state index < -0.39 is 47.1 Å². The molecule has 11 heteroatoms. The zero-order valence-corrected chi connectivity index (χ0v) is 14.7. The smallest absolute Gasteiger partial charge is 0.328 e. The Bertz CT molecular complexity index is 1000. The lowest BCUT2D eigenvalue weighted by Crippen LogP contribution is -2.47. The van der Waals surface area contributed by atoms with Gasteiger partial charge in [0, 0.05) is 23.1 Å². The molecule has 0 atom stereocenters. The van der Waals surface area contributed by atoms with Crippen molar-refractivity contribution >= 4 is 17.8 Å². The number of alkyl halides is 3. The van der Waals surface area contributed by atoms with Crippen LogP contribution in [0.15, 0.2) is 24.5 Å². The van der Waals surface area contributed by atoms with E-state index in [9.17, 15) is 31.5 Å². The summed E-state index contributed by atoms with van der Waals surface area (Å²) >= 11 is 0. The predicted octanol–water partition coefficient (Wildman–Crippen LogP) is 2.90. The predicted molar refractivity (Wildman–Crippen MR) is 88.8 cm³/mol. The summed E-state index contributed by atoms with van der Waals surface area (Å²) in [5.74, 6) is -3.69. The largest absolute Gasteiger partial charge is 0.419 e. The van der Waals surface area contributed by atoms with E-state index in [2.05, 4.69) is 15.3 Å². The van der Waals surface area contributed by atoms with Gasteiger partial charge in [-0.15, -0.1) is 0 Å². The number of hydrogen-bond acceptors (Lipinski definition) is 4. The maximum atomic E-state index is 14.7. The second-order valence-electron chi connectivity index (χ2n) is 7.06. The summed E-state index contributed by atoms with van der Waals surface area (Å²) in [5.41, 5.74) is -2.74. The van der Waals surface area contributed by atoms with Gasteiger partial charge in [-0.3, -0.25) is 14.9 Å². The van der Waals surface area contributed by atoms with Crippen molar-refractivity contribution in [1.29, 1.82) is 0 Å². The standard InChI is InChI=1S/C18H13F5N4O2/c19-9-5-24-16(25-6-9)26-12(28)7-27-8-17(3-4-17)13-10(15(27)29)1-2-11(14(13)20)18(21,22)23/h1-2,5-6H,3-4,7-8H2,(H,24,25,26,28). The Kier molecular flexibility index (Phi) is 4.28. The molecule has 1 aromatic carbocycles. The molecular formula is C18H13F5N4O2. The summed E-state index contributed by atoms with van der Waals surface area (Å²) in [6.45, 7) is -0.502. The molecule has 1 spiro atoms. The maximum Gasteiger partial charge on any atom is 0.419 e. The monoisotopic (exact) mass is 412 g/mol. The molecule has 1 aliphatic heterocycles. The third-order valence-corrected chi connectivity index (χ3v) is 5.05. The molecule has 1 fully saturated rings. The van der Waals surface area contributed by atoms with Gasteiger partial charge in [0.15, 0.2) is 5.82 Å². The topological polar surface area (TPSA) is 75.2 Å². The molecular weight excluding hydrogens is 399 g/mol. The first kappa shape index (κ1) is 19.2. The quantitative estimate of drug-likeness (QED) is 0.787. The van der Waals surface area contributed by atoms with Crippen molar-refractivity contribution in [3.05, 3.63) is 52.9 Å². The number of carbonyl (C=O) groups is 2. The van der Waals surface area contributed by atoms with Crippen LogP contribution in [0.5, 0.6) is 0 Å². The molecule has 4 rings (SSSR count). The number of halogens is 5. The first-order valence-electron chi connectivity index (χ1n) is 8.58. The number of nitrogens with zero attached hydrogens (tertiary/aromatic N) is 3. The zero-order chi connectivity index (χ0) is 21.0. The van der Waals surface area contributed by atoms with Crippen LogP contribution >= 0.6 is 0 Å². The first-order valence-corrected chi connectivity index (χ1v) is 8.58. The Morgan fingerprint density at radius 1 is 1.17 bits per heavy atom. The van der Waals surface area contributed by atoms with Crippen molar-refractivity contribution in [1.82, 2.24) is 14.9 Å². The Labute approximate surface area is 160 Å². The second-order valence-corrected chi connectivity index (χ2v) is 7.06. The summed E-state index contributed by atoms with van der Waals surface area (Å²) in [6, 6.07) is 1.49. The number of fused-ring (bicyclic) bond motifs is 2. The van der Waals surface area contributed by atoms with E-state index in [1.165, 1.54) is 0 Å². The number of hydrogen-bond donors (Lipinski definition) is 1. The van der Waals surface area contributed by atoms with Crippen molar-refractivity contribution in [3.63, 3.8) is 0 Å². The van der Waals surface area contributed by atoms with Crippen LogP contribution in [0.1, 0.15) is 34.3 Å². The third kappa shape index (κ3) is 3.40. The highest BCUT2D eigenvalue weighted by Crippen LogP contribution is 2.54. The average Bonchev–Trinajstić information content (AvgIpc) is 3.40. The van der Waals surface area contributed by atoms with Crippen molar-refractivity contribution < 1.29 is 31.5 Å². The Morgan fingerprint density at radius 3 is 2.41 bits per heavy atom.